The van der Waals surface area contributed by atoms with E-state index in [0.29, 0.717) is 21.9 Å². The fraction of sp³-hybridized carbons (Fsp3) is 0.0435. The summed E-state index contributed by atoms with van der Waals surface area (Å²) in [4.78, 5) is 16.4. The number of benzene rings is 3. The number of carbonyl (C=O) groups is 1. The highest BCUT2D eigenvalue weighted by atomic mass is 35.5. The van der Waals surface area contributed by atoms with Crippen molar-refractivity contribution in [2.75, 3.05) is 0 Å². The normalized spacial score (nSPS) is 14.6. The zero-order chi connectivity index (χ0) is 20.2. The molecule has 3 aromatic carbocycles. The van der Waals surface area contributed by atoms with Gasteiger partial charge in [0, 0.05) is 5.56 Å². The number of hydrogen-bond acceptors (Lipinski definition) is 4. The summed E-state index contributed by atoms with van der Waals surface area (Å²) in [7, 11) is 0. The van der Waals surface area contributed by atoms with Crippen LogP contribution in [0.2, 0.25) is 5.02 Å². The van der Waals surface area contributed by atoms with E-state index >= 15 is 0 Å². The van der Waals surface area contributed by atoms with Crippen LogP contribution in [0, 0.1) is 5.82 Å². The van der Waals surface area contributed by atoms with Gasteiger partial charge in [-0.15, -0.1) is 0 Å². The molecule has 0 fully saturated rings. The number of ether oxygens (including phenoxy) is 2. The molecule has 0 atom stereocenters. The van der Waals surface area contributed by atoms with Crippen molar-refractivity contribution in [2.24, 2.45) is 4.99 Å². The molecule has 1 aliphatic heterocycles. The minimum Gasteiger partial charge on any atom is -0.489 e. The monoisotopic (exact) mass is 407 g/mol. The second-order valence-corrected chi connectivity index (χ2v) is 6.67. The summed E-state index contributed by atoms with van der Waals surface area (Å²) in [6.07, 6.45) is 1.62. The van der Waals surface area contributed by atoms with Gasteiger partial charge in [0.1, 0.15) is 18.2 Å². The Labute approximate surface area is 171 Å². The van der Waals surface area contributed by atoms with Crippen molar-refractivity contribution in [3.8, 4) is 5.75 Å². The fourth-order valence-electron chi connectivity index (χ4n) is 2.75. The predicted molar refractivity (Wildman–Crippen MR) is 109 cm³/mol. The van der Waals surface area contributed by atoms with Crippen molar-refractivity contribution in [2.45, 2.75) is 6.61 Å². The average molecular weight is 408 g/mol. The van der Waals surface area contributed by atoms with Crippen LogP contribution in [0.3, 0.4) is 0 Å². The van der Waals surface area contributed by atoms with Crippen LogP contribution < -0.4 is 4.74 Å². The van der Waals surface area contributed by atoms with E-state index in [0.717, 1.165) is 5.56 Å². The lowest BCUT2D eigenvalue weighted by Gasteiger charge is -2.07. The molecule has 0 amide bonds. The van der Waals surface area contributed by atoms with Gasteiger partial charge in [-0.1, -0.05) is 54.1 Å². The summed E-state index contributed by atoms with van der Waals surface area (Å²) in [5.74, 6) is -0.0815. The largest absolute Gasteiger partial charge is 0.489 e. The van der Waals surface area contributed by atoms with Gasteiger partial charge >= 0.3 is 5.97 Å². The molecule has 0 saturated heterocycles. The molecular formula is C23H15ClFNO3. The molecule has 0 radical (unpaired) electrons. The van der Waals surface area contributed by atoms with Gasteiger partial charge in [-0.25, -0.2) is 14.2 Å². The van der Waals surface area contributed by atoms with E-state index in [1.165, 1.54) is 6.07 Å². The Hall–Kier alpha value is -3.44. The Morgan fingerprint density at radius 1 is 1.00 bits per heavy atom. The van der Waals surface area contributed by atoms with Gasteiger partial charge in [-0.2, -0.15) is 0 Å². The highest BCUT2D eigenvalue weighted by molar-refractivity contribution is 6.34. The summed E-state index contributed by atoms with van der Waals surface area (Å²) in [5.41, 5.74) is 1.97. The Morgan fingerprint density at radius 2 is 1.72 bits per heavy atom. The van der Waals surface area contributed by atoms with Gasteiger partial charge in [0.15, 0.2) is 5.70 Å². The van der Waals surface area contributed by atoms with Gasteiger partial charge in [-0.05, 0) is 42.0 Å². The van der Waals surface area contributed by atoms with E-state index in [-0.39, 0.29) is 24.0 Å². The number of aliphatic imine (C=N–C) groups is 1. The first-order chi connectivity index (χ1) is 14.1. The van der Waals surface area contributed by atoms with Gasteiger partial charge in [-0.3, -0.25) is 0 Å². The van der Waals surface area contributed by atoms with Gasteiger partial charge in [0.2, 0.25) is 5.90 Å². The molecule has 1 heterocycles. The first-order valence-corrected chi connectivity index (χ1v) is 9.22. The molecule has 3 aromatic rings. The number of esters is 1. The first kappa shape index (κ1) is 18.9. The van der Waals surface area contributed by atoms with Crippen LogP contribution in [-0.2, 0) is 16.1 Å². The second-order valence-electron chi connectivity index (χ2n) is 6.27. The van der Waals surface area contributed by atoms with Crippen molar-refractivity contribution in [1.29, 1.82) is 0 Å². The molecule has 4 nitrogen and oxygen atoms in total. The summed E-state index contributed by atoms with van der Waals surface area (Å²) in [6.45, 7) is 0.130. The van der Waals surface area contributed by atoms with E-state index < -0.39 is 5.97 Å². The molecule has 1 aliphatic rings. The molecule has 4 rings (SSSR count). The van der Waals surface area contributed by atoms with Crippen molar-refractivity contribution >= 4 is 29.5 Å². The Morgan fingerprint density at radius 3 is 2.48 bits per heavy atom. The van der Waals surface area contributed by atoms with Crippen LogP contribution in [0.5, 0.6) is 5.75 Å². The Bertz CT molecular complexity index is 1120. The lowest BCUT2D eigenvalue weighted by atomic mass is 10.2. The van der Waals surface area contributed by atoms with Crippen molar-refractivity contribution in [3.63, 3.8) is 0 Å². The zero-order valence-corrected chi connectivity index (χ0v) is 15.9. The molecule has 0 aromatic heterocycles. The number of cyclic esters (lactones) is 1. The van der Waals surface area contributed by atoms with Crippen molar-refractivity contribution in [1.82, 2.24) is 0 Å². The van der Waals surface area contributed by atoms with Crippen molar-refractivity contribution < 1.29 is 18.7 Å². The topological polar surface area (TPSA) is 47.9 Å². The minimum atomic E-state index is -0.542. The summed E-state index contributed by atoms with van der Waals surface area (Å²) in [6, 6.07) is 20.5. The lowest BCUT2D eigenvalue weighted by Crippen LogP contribution is -2.05. The quantitative estimate of drug-likeness (QED) is 0.420. The number of nitrogens with zero attached hydrogens (tertiary/aromatic N) is 1. The van der Waals surface area contributed by atoms with Gasteiger partial charge < -0.3 is 9.47 Å². The molecule has 29 heavy (non-hydrogen) atoms. The fourth-order valence-corrected chi connectivity index (χ4v) is 2.97. The Balaban J connectivity index is 1.48. The average Bonchev–Trinajstić information content (AvgIpc) is 3.09. The third-order valence-corrected chi connectivity index (χ3v) is 4.59. The maximum absolute atomic E-state index is 13.6. The zero-order valence-electron chi connectivity index (χ0n) is 15.1. The summed E-state index contributed by atoms with van der Waals surface area (Å²) >= 11 is 6.13. The third kappa shape index (κ3) is 4.36. The molecular weight excluding hydrogens is 393 g/mol. The number of hydrogen-bond donors (Lipinski definition) is 0. The van der Waals surface area contributed by atoms with E-state index in [2.05, 4.69) is 4.99 Å². The molecule has 0 aliphatic carbocycles. The first-order valence-electron chi connectivity index (χ1n) is 8.84. The van der Waals surface area contributed by atoms with E-state index in [1.54, 1.807) is 72.8 Å². The molecule has 6 heteroatoms. The SMILES string of the molecule is O=C1OC(c2ccccc2Cl)=N/C1=C\c1ccc(OCc2ccccc2F)cc1. The third-order valence-electron chi connectivity index (χ3n) is 4.26. The van der Waals surface area contributed by atoms with E-state index in [4.69, 9.17) is 21.1 Å². The van der Waals surface area contributed by atoms with Crippen LogP contribution in [0.4, 0.5) is 4.39 Å². The molecule has 144 valence electrons. The van der Waals surface area contributed by atoms with Crippen LogP contribution >= 0.6 is 11.6 Å². The standard InChI is InChI=1S/C23H15ClFNO3/c24-19-7-3-2-6-18(19)22-26-21(23(27)29-22)13-15-9-11-17(12-10-15)28-14-16-5-1-4-8-20(16)25/h1-13H,14H2/b21-13-. The highest BCUT2D eigenvalue weighted by Crippen LogP contribution is 2.24. The van der Waals surface area contributed by atoms with Gasteiger partial charge in [0.05, 0.1) is 10.6 Å². The van der Waals surface area contributed by atoms with Gasteiger partial charge in [0.25, 0.3) is 0 Å². The number of carbonyl (C=O) groups excluding carboxylic acids is 1. The molecule has 0 saturated carbocycles. The van der Waals surface area contributed by atoms with Crippen LogP contribution in [0.1, 0.15) is 16.7 Å². The molecule has 0 unspecified atom stereocenters. The summed E-state index contributed by atoms with van der Waals surface area (Å²) in [5, 5.41) is 0.455. The smallest absolute Gasteiger partial charge is 0.363 e. The lowest BCUT2D eigenvalue weighted by molar-refractivity contribution is -0.129. The maximum Gasteiger partial charge on any atom is 0.363 e. The summed E-state index contributed by atoms with van der Waals surface area (Å²) < 4.78 is 24.5. The van der Waals surface area contributed by atoms with E-state index in [1.807, 2.05) is 0 Å². The Kier molecular flexibility index (Phi) is 5.40. The molecule has 0 spiro atoms. The predicted octanol–water partition coefficient (Wildman–Crippen LogP) is 5.40. The van der Waals surface area contributed by atoms with E-state index in [9.17, 15) is 9.18 Å². The van der Waals surface area contributed by atoms with Crippen LogP contribution in [0.15, 0.2) is 83.5 Å². The number of rotatable bonds is 5. The van der Waals surface area contributed by atoms with Crippen LogP contribution in [0.25, 0.3) is 6.08 Å². The van der Waals surface area contributed by atoms with Crippen LogP contribution in [-0.4, -0.2) is 11.9 Å². The van der Waals surface area contributed by atoms with Crippen molar-refractivity contribution in [3.05, 3.63) is 106 Å². The minimum absolute atomic E-state index is 0.130. The molecule has 0 bridgehead atoms. The number of halogens is 2. The maximum atomic E-state index is 13.6. The highest BCUT2D eigenvalue weighted by Gasteiger charge is 2.25. The second kappa shape index (κ2) is 8.29. The molecule has 0 N–H and O–H groups in total.